The van der Waals surface area contributed by atoms with Crippen LogP contribution in [0.2, 0.25) is 0 Å². The molecule has 1 rings (SSSR count). The molecular weight excluding hydrogens is 315 g/mol. The summed E-state index contributed by atoms with van der Waals surface area (Å²) in [5.41, 5.74) is -1.21. The van der Waals surface area contributed by atoms with E-state index in [9.17, 15) is 14.4 Å². The zero-order valence-electron chi connectivity index (χ0n) is 8.89. The summed E-state index contributed by atoms with van der Waals surface area (Å²) in [5, 5.41) is 8.65. The molecule has 1 atom stereocenters. The Morgan fingerprint density at radius 2 is 2.18 bits per heavy atom. The summed E-state index contributed by atoms with van der Waals surface area (Å²) in [7, 11) is 0. The second-order valence-corrected chi connectivity index (χ2v) is 4.62. The van der Waals surface area contributed by atoms with Crippen LogP contribution in [0.5, 0.6) is 0 Å². The highest BCUT2D eigenvalue weighted by molar-refractivity contribution is 9.10. The van der Waals surface area contributed by atoms with E-state index in [4.69, 9.17) is 16.7 Å². The van der Waals surface area contributed by atoms with E-state index in [1.807, 2.05) is 0 Å². The van der Waals surface area contributed by atoms with Gasteiger partial charge in [-0.25, -0.2) is 4.79 Å². The number of carboxylic acid groups (broad SMARTS) is 1. The highest BCUT2D eigenvalue weighted by Gasteiger charge is 2.15. The quantitative estimate of drug-likeness (QED) is 0.825. The third-order valence-corrected chi connectivity index (χ3v) is 3.10. The van der Waals surface area contributed by atoms with E-state index < -0.39 is 29.8 Å². The molecule has 0 aliphatic heterocycles. The molecule has 0 saturated heterocycles. The van der Waals surface area contributed by atoms with Gasteiger partial charge in [0, 0.05) is 12.1 Å². The van der Waals surface area contributed by atoms with Crippen LogP contribution in [0.15, 0.2) is 20.3 Å². The lowest BCUT2D eigenvalue weighted by Crippen LogP contribution is -2.42. The first-order valence-corrected chi connectivity index (χ1v) is 6.00. The highest BCUT2D eigenvalue weighted by Crippen LogP contribution is 2.05. The fourth-order valence-electron chi connectivity index (χ4n) is 1.30. The standard InChI is InChI=1S/C9H10BrClN2O4/c1-5(2-11)13-8(16)6(10)3-12(9(13)17)4-7(14)15/h3,5H,2,4H2,1H3,(H,14,15). The summed E-state index contributed by atoms with van der Waals surface area (Å²) in [5.74, 6) is -1.08. The molecule has 0 aromatic carbocycles. The number of hydrogen-bond donors (Lipinski definition) is 1. The van der Waals surface area contributed by atoms with E-state index in [0.29, 0.717) is 0 Å². The maximum absolute atomic E-state index is 11.9. The van der Waals surface area contributed by atoms with Crippen LogP contribution in [0.1, 0.15) is 13.0 Å². The monoisotopic (exact) mass is 324 g/mol. The predicted octanol–water partition coefficient (Wildman–Crippen LogP) is 0.657. The topological polar surface area (TPSA) is 81.3 Å². The van der Waals surface area contributed by atoms with E-state index in [-0.39, 0.29) is 10.4 Å². The Kier molecular flexibility index (Phi) is 4.53. The molecule has 1 aromatic heterocycles. The van der Waals surface area contributed by atoms with Crippen molar-refractivity contribution in [2.24, 2.45) is 0 Å². The number of alkyl halides is 1. The van der Waals surface area contributed by atoms with Crippen LogP contribution in [-0.2, 0) is 11.3 Å². The Labute approximate surface area is 110 Å². The number of rotatable bonds is 4. The van der Waals surface area contributed by atoms with Crippen molar-refractivity contribution in [1.82, 2.24) is 9.13 Å². The summed E-state index contributed by atoms with van der Waals surface area (Å²) >= 11 is 8.59. The fourth-order valence-corrected chi connectivity index (χ4v) is 1.88. The van der Waals surface area contributed by atoms with Crippen LogP contribution in [0.3, 0.4) is 0 Å². The van der Waals surface area contributed by atoms with Crippen LogP contribution in [0.4, 0.5) is 0 Å². The summed E-state index contributed by atoms with van der Waals surface area (Å²) in [6.07, 6.45) is 1.16. The Bertz CT molecular complexity index is 551. The second kappa shape index (κ2) is 5.50. The normalized spacial score (nSPS) is 12.4. The SMILES string of the molecule is CC(CCl)n1c(=O)c(Br)cn(CC(=O)O)c1=O. The molecule has 0 spiro atoms. The number of halogens is 2. The first kappa shape index (κ1) is 14.0. The Balaban J connectivity index is 3.48. The molecule has 0 fully saturated rings. The van der Waals surface area contributed by atoms with Gasteiger partial charge in [-0.05, 0) is 22.9 Å². The fraction of sp³-hybridized carbons (Fsp3) is 0.444. The van der Waals surface area contributed by atoms with Crippen LogP contribution >= 0.6 is 27.5 Å². The predicted molar refractivity (Wildman–Crippen MR) is 65.7 cm³/mol. The van der Waals surface area contributed by atoms with Gasteiger partial charge in [-0.3, -0.25) is 18.7 Å². The van der Waals surface area contributed by atoms with Gasteiger partial charge in [-0.1, -0.05) is 0 Å². The smallest absolute Gasteiger partial charge is 0.331 e. The Morgan fingerprint density at radius 1 is 1.59 bits per heavy atom. The first-order chi connectivity index (χ1) is 7.88. The number of aliphatic carboxylic acids is 1. The van der Waals surface area contributed by atoms with E-state index >= 15 is 0 Å². The van der Waals surface area contributed by atoms with E-state index in [2.05, 4.69) is 15.9 Å². The third kappa shape index (κ3) is 2.98. The van der Waals surface area contributed by atoms with E-state index in [1.54, 1.807) is 6.92 Å². The molecule has 1 aromatic rings. The van der Waals surface area contributed by atoms with Crippen LogP contribution in [0.25, 0.3) is 0 Å². The molecule has 1 heterocycles. The number of aromatic nitrogens is 2. The van der Waals surface area contributed by atoms with Crippen molar-refractivity contribution in [1.29, 1.82) is 0 Å². The van der Waals surface area contributed by atoms with Crippen molar-refractivity contribution in [2.45, 2.75) is 19.5 Å². The van der Waals surface area contributed by atoms with Crippen molar-refractivity contribution >= 4 is 33.5 Å². The van der Waals surface area contributed by atoms with Crippen molar-refractivity contribution < 1.29 is 9.90 Å². The molecule has 0 amide bonds. The lowest BCUT2D eigenvalue weighted by molar-refractivity contribution is -0.137. The molecular formula is C9H10BrClN2O4. The minimum Gasteiger partial charge on any atom is -0.480 e. The zero-order valence-corrected chi connectivity index (χ0v) is 11.2. The largest absolute Gasteiger partial charge is 0.480 e. The van der Waals surface area contributed by atoms with Crippen molar-refractivity contribution in [3.8, 4) is 0 Å². The average molecular weight is 326 g/mol. The summed E-state index contributed by atoms with van der Waals surface area (Å²) in [4.78, 5) is 34.2. The van der Waals surface area contributed by atoms with Gasteiger partial charge in [0.25, 0.3) is 5.56 Å². The molecule has 6 nitrogen and oxygen atoms in total. The minimum atomic E-state index is -1.16. The number of carboxylic acids is 1. The van der Waals surface area contributed by atoms with Crippen LogP contribution < -0.4 is 11.2 Å². The molecule has 17 heavy (non-hydrogen) atoms. The molecule has 8 heteroatoms. The van der Waals surface area contributed by atoms with Gasteiger partial charge in [0.2, 0.25) is 0 Å². The van der Waals surface area contributed by atoms with Gasteiger partial charge in [0.05, 0.1) is 10.5 Å². The van der Waals surface area contributed by atoms with E-state index in [1.165, 1.54) is 0 Å². The summed E-state index contributed by atoms with van der Waals surface area (Å²) in [6.45, 7) is 1.10. The van der Waals surface area contributed by atoms with Gasteiger partial charge in [0.15, 0.2) is 0 Å². The van der Waals surface area contributed by atoms with Crippen molar-refractivity contribution in [3.05, 3.63) is 31.5 Å². The maximum atomic E-state index is 11.9. The van der Waals surface area contributed by atoms with Gasteiger partial charge < -0.3 is 5.11 Å². The Hall–Kier alpha value is -1.08. The lowest BCUT2D eigenvalue weighted by atomic mass is 10.4. The molecule has 0 saturated carbocycles. The van der Waals surface area contributed by atoms with Gasteiger partial charge in [-0.15, -0.1) is 11.6 Å². The highest BCUT2D eigenvalue weighted by atomic mass is 79.9. The first-order valence-electron chi connectivity index (χ1n) is 4.67. The molecule has 94 valence electrons. The van der Waals surface area contributed by atoms with Crippen LogP contribution in [-0.4, -0.2) is 26.1 Å². The summed E-state index contributed by atoms with van der Waals surface area (Å²) in [6, 6.07) is -0.505. The maximum Gasteiger partial charge on any atom is 0.331 e. The van der Waals surface area contributed by atoms with Gasteiger partial charge in [0.1, 0.15) is 6.54 Å². The molecule has 0 bridgehead atoms. The zero-order chi connectivity index (χ0) is 13.2. The van der Waals surface area contributed by atoms with E-state index in [0.717, 1.165) is 15.3 Å². The van der Waals surface area contributed by atoms with Crippen LogP contribution in [0, 0.1) is 0 Å². The average Bonchev–Trinajstić information content (AvgIpc) is 2.25. The summed E-state index contributed by atoms with van der Waals surface area (Å²) < 4.78 is 1.99. The third-order valence-electron chi connectivity index (χ3n) is 2.11. The molecule has 0 aliphatic carbocycles. The number of nitrogens with zero attached hydrogens (tertiary/aromatic N) is 2. The number of hydrogen-bond acceptors (Lipinski definition) is 3. The van der Waals surface area contributed by atoms with Gasteiger partial charge in [-0.2, -0.15) is 0 Å². The second-order valence-electron chi connectivity index (χ2n) is 3.46. The van der Waals surface area contributed by atoms with Gasteiger partial charge >= 0.3 is 11.7 Å². The van der Waals surface area contributed by atoms with Crippen molar-refractivity contribution in [2.75, 3.05) is 5.88 Å². The Morgan fingerprint density at radius 3 is 2.65 bits per heavy atom. The minimum absolute atomic E-state index is 0.0820. The lowest BCUT2D eigenvalue weighted by Gasteiger charge is -2.13. The molecule has 1 N–H and O–H groups in total. The van der Waals surface area contributed by atoms with Crippen molar-refractivity contribution in [3.63, 3.8) is 0 Å². The number of carbonyl (C=O) groups is 1. The molecule has 0 radical (unpaired) electrons. The molecule has 0 aliphatic rings. The molecule has 1 unspecified atom stereocenters.